The van der Waals surface area contributed by atoms with Crippen molar-refractivity contribution in [1.29, 1.82) is 0 Å². The van der Waals surface area contributed by atoms with Gasteiger partial charge < -0.3 is 24.9 Å². The van der Waals surface area contributed by atoms with Crippen LogP contribution in [-0.4, -0.2) is 25.9 Å². The van der Waals surface area contributed by atoms with Crippen LogP contribution < -0.4 is 10.2 Å². The minimum Gasteiger partial charge on any atom is -0.507 e. The van der Waals surface area contributed by atoms with E-state index in [4.69, 9.17) is 0 Å². The van der Waals surface area contributed by atoms with Crippen molar-refractivity contribution in [2.45, 2.75) is 25.0 Å². The Morgan fingerprint density at radius 3 is 2.18 bits per heavy atom. The minimum atomic E-state index is -4.44. The Labute approximate surface area is 220 Å². The van der Waals surface area contributed by atoms with Crippen molar-refractivity contribution in [3.63, 3.8) is 0 Å². The first-order chi connectivity index (χ1) is 18.2. The molecule has 1 aliphatic rings. The number of aromatic hydroxyl groups is 1. The molecule has 3 atom stereocenters. The van der Waals surface area contributed by atoms with Crippen LogP contribution in [0.2, 0.25) is 0 Å². The van der Waals surface area contributed by atoms with Crippen LogP contribution in [0.25, 0.3) is 11.1 Å². The van der Waals surface area contributed by atoms with Gasteiger partial charge in [-0.2, -0.15) is 0 Å². The van der Waals surface area contributed by atoms with Crippen LogP contribution in [0.1, 0.15) is 36.1 Å². The third-order valence-electron chi connectivity index (χ3n) is 7.04. The number of carbonyl (C=O) groups is 1. The van der Waals surface area contributed by atoms with Crippen molar-refractivity contribution >= 4 is 24.5 Å². The monoisotopic (exact) mass is 529 g/mol. The number of phenolic OH excluding ortho intramolecular Hbond substituents is 1. The molecule has 7 nitrogen and oxygen atoms in total. The molecule has 38 heavy (non-hydrogen) atoms. The fourth-order valence-electron chi connectivity index (χ4n) is 5.10. The zero-order valence-corrected chi connectivity index (χ0v) is 21.4. The predicted molar refractivity (Wildman–Crippen MR) is 146 cm³/mol. The van der Waals surface area contributed by atoms with E-state index < -0.39 is 13.7 Å². The molecule has 4 aromatic rings. The first kappa shape index (κ1) is 25.9. The predicted octanol–water partition coefficient (Wildman–Crippen LogP) is 5.08. The molecule has 0 aliphatic carbocycles. The molecule has 1 fully saturated rings. The second kappa shape index (κ2) is 10.6. The molecule has 0 spiro atoms. The maximum absolute atomic E-state index is 13.3. The largest absolute Gasteiger partial charge is 0.507 e. The van der Waals surface area contributed by atoms with Gasteiger partial charge in [-0.05, 0) is 59.9 Å². The zero-order valence-electron chi connectivity index (χ0n) is 20.5. The lowest BCUT2D eigenvalue weighted by molar-refractivity contribution is -0.131. The normalized spacial score (nSPS) is 18.2. The average Bonchev–Trinajstić information content (AvgIpc) is 2.92. The Morgan fingerprint density at radius 2 is 1.53 bits per heavy atom. The molecule has 1 amide bonds. The number of carbonyl (C=O) groups excluding carboxylic acids is 1. The first-order valence-corrected chi connectivity index (χ1v) is 14.0. The summed E-state index contributed by atoms with van der Waals surface area (Å²) < 4.78 is 11.7. The third kappa shape index (κ3) is 5.15. The van der Waals surface area contributed by atoms with Gasteiger partial charge in [-0.3, -0.25) is 9.36 Å². The maximum atomic E-state index is 13.3. The summed E-state index contributed by atoms with van der Waals surface area (Å²) in [6, 6.07) is 29.4. The highest BCUT2D eigenvalue weighted by Crippen LogP contribution is 2.47. The summed E-state index contributed by atoms with van der Waals surface area (Å²) in [6.07, 6.45) is 0.196. The van der Waals surface area contributed by atoms with Gasteiger partial charge in [0.25, 0.3) is 0 Å². The van der Waals surface area contributed by atoms with Crippen LogP contribution in [0.15, 0.2) is 103 Å². The number of aliphatic hydroxyl groups excluding tert-OH is 1. The van der Waals surface area contributed by atoms with E-state index in [2.05, 4.69) is 0 Å². The summed E-state index contributed by atoms with van der Waals surface area (Å²) in [5.41, 5.74) is 3.19. The molecule has 0 bridgehead atoms. The highest BCUT2D eigenvalue weighted by molar-refractivity contribution is 7.60. The number of aliphatic hydroxyl groups is 1. The summed E-state index contributed by atoms with van der Waals surface area (Å²) in [5, 5.41) is 21.5. The lowest BCUT2D eigenvalue weighted by Gasteiger charge is -2.48. The fraction of sp³-hybridized carbons (Fsp3) is 0.167. The van der Waals surface area contributed by atoms with Gasteiger partial charge in [-0.15, -0.1) is 0 Å². The number of phenols is 1. The van der Waals surface area contributed by atoms with E-state index in [0.29, 0.717) is 24.0 Å². The number of anilines is 1. The molecule has 1 saturated heterocycles. The number of hydrogen-bond donors (Lipinski definition) is 4. The van der Waals surface area contributed by atoms with E-state index in [1.54, 1.807) is 23.1 Å². The Kier molecular flexibility index (Phi) is 7.19. The average molecular weight is 530 g/mol. The Bertz CT molecular complexity index is 1490. The van der Waals surface area contributed by atoms with Crippen molar-refractivity contribution in [3.8, 4) is 16.9 Å². The Balaban J connectivity index is 1.44. The van der Waals surface area contributed by atoms with Crippen LogP contribution in [0.5, 0.6) is 5.75 Å². The summed E-state index contributed by atoms with van der Waals surface area (Å²) in [5.74, 6) is -0.475. The van der Waals surface area contributed by atoms with Crippen LogP contribution in [0.4, 0.5) is 5.69 Å². The van der Waals surface area contributed by atoms with Gasteiger partial charge in [0.05, 0.1) is 23.4 Å². The minimum absolute atomic E-state index is 0.0422. The van der Waals surface area contributed by atoms with Crippen molar-refractivity contribution < 1.29 is 29.4 Å². The highest BCUT2D eigenvalue weighted by atomic mass is 31.2. The maximum Gasteiger partial charge on any atom is 0.356 e. The van der Waals surface area contributed by atoms with E-state index >= 15 is 0 Å². The summed E-state index contributed by atoms with van der Waals surface area (Å²) in [6.45, 7) is 0. The van der Waals surface area contributed by atoms with Gasteiger partial charge in [0.2, 0.25) is 5.91 Å². The van der Waals surface area contributed by atoms with E-state index in [0.717, 1.165) is 16.8 Å². The van der Waals surface area contributed by atoms with Crippen LogP contribution in [0.3, 0.4) is 0 Å². The van der Waals surface area contributed by atoms with E-state index in [-0.39, 0.29) is 28.9 Å². The van der Waals surface area contributed by atoms with E-state index in [1.807, 2.05) is 66.7 Å². The van der Waals surface area contributed by atoms with Crippen molar-refractivity contribution in [1.82, 2.24) is 0 Å². The smallest absolute Gasteiger partial charge is 0.356 e. The number of para-hydroxylation sites is 1. The summed E-state index contributed by atoms with van der Waals surface area (Å²) >= 11 is 0. The molecule has 194 valence electrons. The van der Waals surface area contributed by atoms with Crippen molar-refractivity contribution in [3.05, 3.63) is 114 Å². The molecule has 0 radical (unpaired) electrons. The van der Waals surface area contributed by atoms with Crippen molar-refractivity contribution in [2.24, 2.45) is 5.92 Å². The topological polar surface area (TPSA) is 118 Å². The lowest BCUT2D eigenvalue weighted by Crippen LogP contribution is -2.55. The summed E-state index contributed by atoms with van der Waals surface area (Å²) in [4.78, 5) is 34.1. The third-order valence-corrected chi connectivity index (χ3v) is 7.99. The molecular weight excluding hydrogens is 501 g/mol. The van der Waals surface area contributed by atoms with Crippen LogP contribution >= 0.6 is 7.60 Å². The highest BCUT2D eigenvalue weighted by Gasteiger charge is 2.48. The SMILES string of the molecule is O=C1C(CCC(O)c2ccccc2)C(c2ccc(-c3cccc(P(=O)(O)O)c3)c(O)c2)N1c1ccccc1. The number of benzene rings is 4. The Hall–Kier alpha value is -3.74. The van der Waals surface area contributed by atoms with E-state index in [1.165, 1.54) is 18.2 Å². The van der Waals surface area contributed by atoms with Gasteiger partial charge in [0.15, 0.2) is 0 Å². The van der Waals surface area contributed by atoms with Gasteiger partial charge in [0.1, 0.15) is 5.75 Å². The first-order valence-electron chi connectivity index (χ1n) is 12.3. The van der Waals surface area contributed by atoms with Gasteiger partial charge in [-0.1, -0.05) is 72.8 Å². The number of β-lactam (4-membered cyclic amide) rings is 1. The fourth-order valence-corrected chi connectivity index (χ4v) is 5.69. The molecule has 1 heterocycles. The molecule has 1 aliphatic heterocycles. The number of nitrogens with zero attached hydrogens (tertiary/aromatic N) is 1. The van der Waals surface area contributed by atoms with E-state index in [9.17, 15) is 29.4 Å². The standard InChI is InChI=1S/C30H28NO6P/c32-27(20-8-3-1-4-9-20)17-16-26-29(31(30(26)34)23-11-5-2-6-12-23)22-14-15-25(28(33)19-22)21-10-7-13-24(18-21)38(35,36)37/h1-15,18-19,26-27,29,32-33H,16-17H2,(H2,35,36,37). The van der Waals surface area contributed by atoms with Crippen LogP contribution in [-0.2, 0) is 9.36 Å². The molecule has 3 unspecified atom stereocenters. The molecular formula is C30H28NO6P. The van der Waals surface area contributed by atoms with Crippen LogP contribution in [0, 0.1) is 5.92 Å². The Morgan fingerprint density at radius 1 is 0.842 bits per heavy atom. The molecule has 4 N–H and O–H groups in total. The molecule has 8 heteroatoms. The number of hydrogen-bond acceptors (Lipinski definition) is 4. The molecule has 4 aromatic carbocycles. The quantitative estimate of drug-likeness (QED) is 0.187. The number of rotatable bonds is 8. The van der Waals surface area contributed by atoms with Gasteiger partial charge >= 0.3 is 7.60 Å². The summed E-state index contributed by atoms with van der Waals surface area (Å²) in [7, 11) is -4.44. The zero-order chi connectivity index (χ0) is 26.9. The van der Waals surface area contributed by atoms with Gasteiger partial charge in [-0.25, -0.2) is 0 Å². The molecule has 0 saturated carbocycles. The molecule has 0 aromatic heterocycles. The second-order valence-corrected chi connectivity index (χ2v) is 11.1. The van der Waals surface area contributed by atoms with Gasteiger partial charge in [0, 0.05) is 11.3 Å². The second-order valence-electron chi connectivity index (χ2n) is 9.47. The number of amides is 1. The lowest BCUT2D eigenvalue weighted by atomic mass is 9.78. The van der Waals surface area contributed by atoms with Crippen molar-refractivity contribution in [2.75, 3.05) is 4.90 Å². The molecule has 5 rings (SSSR count).